The van der Waals surface area contributed by atoms with E-state index in [1.165, 1.54) is 0 Å². The van der Waals surface area contributed by atoms with E-state index in [0.717, 1.165) is 19.4 Å². The molecular formula is C9H14N2O2. The van der Waals surface area contributed by atoms with Crippen LogP contribution in [-0.4, -0.2) is 35.7 Å². The smallest absolute Gasteiger partial charge is 0.227 e. The molecule has 0 aromatic rings. The van der Waals surface area contributed by atoms with Crippen LogP contribution in [0.4, 0.5) is 0 Å². The highest BCUT2D eigenvalue weighted by molar-refractivity contribution is 5.83. The van der Waals surface area contributed by atoms with Crippen molar-refractivity contribution >= 4 is 5.91 Å². The van der Waals surface area contributed by atoms with Crippen LogP contribution < -0.4 is 5.32 Å². The predicted molar refractivity (Wildman–Crippen MR) is 45.7 cm³/mol. The van der Waals surface area contributed by atoms with Crippen molar-refractivity contribution in [3.63, 3.8) is 0 Å². The highest BCUT2D eigenvalue weighted by Crippen LogP contribution is 2.38. The second-order valence-electron chi connectivity index (χ2n) is 4.22. The first kappa shape index (κ1) is 7.76. The number of carbonyl (C=O) groups excluding carboxylic acids is 1. The van der Waals surface area contributed by atoms with E-state index < -0.39 is 0 Å². The predicted octanol–water partition coefficient (Wildman–Crippen LogP) is -0.101. The first-order valence-electron chi connectivity index (χ1n) is 5.01. The normalized spacial score (nSPS) is 49.2. The van der Waals surface area contributed by atoms with Crippen LogP contribution in [0, 0.1) is 5.92 Å². The fourth-order valence-corrected chi connectivity index (χ4v) is 2.90. The quantitative estimate of drug-likeness (QED) is 0.568. The molecule has 13 heavy (non-hydrogen) atoms. The summed E-state index contributed by atoms with van der Waals surface area (Å²) in [5, 5.41) is 5.07. The first-order valence-corrected chi connectivity index (χ1v) is 5.01. The standard InChI is InChI=1S/C9H14N2O2/c1-5-7-8-6(10-9(7)12)3-2-4-11(8)13-5/h5-8H,2-4H2,1H3,(H,10,12)/t5-,6+,7-,8-/m1/s1. The van der Waals surface area contributed by atoms with Crippen molar-refractivity contribution in [2.24, 2.45) is 5.92 Å². The van der Waals surface area contributed by atoms with Gasteiger partial charge in [0.15, 0.2) is 0 Å². The van der Waals surface area contributed by atoms with Gasteiger partial charge in [0, 0.05) is 12.6 Å². The Morgan fingerprint density at radius 1 is 1.62 bits per heavy atom. The monoisotopic (exact) mass is 182 g/mol. The van der Waals surface area contributed by atoms with Gasteiger partial charge >= 0.3 is 0 Å². The molecule has 1 amide bonds. The van der Waals surface area contributed by atoms with Gasteiger partial charge in [0.1, 0.15) is 0 Å². The van der Waals surface area contributed by atoms with Gasteiger partial charge in [-0.2, -0.15) is 5.06 Å². The van der Waals surface area contributed by atoms with Crippen molar-refractivity contribution in [1.29, 1.82) is 0 Å². The average Bonchev–Trinajstić information content (AvgIpc) is 2.57. The van der Waals surface area contributed by atoms with Crippen molar-refractivity contribution in [2.45, 2.75) is 38.0 Å². The minimum Gasteiger partial charge on any atom is -0.351 e. The van der Waals surface area contributed by atoms with Crippen LogP contribution in [0.2, 0.25) is 0 Å². The van der Waals surface area contributed by atoms with Gasteiger partial charge in [-0.15, -0.1) is 0 Å². The summed E-state index contributed by atoms with van der Waals surface area (Å²) in [6.07, 6.45) is 2.30. The zero-order valence-electron chi connectivity index (χ0n) is 7.69. The molecular weight excluding hydrogens is 168 g/mol. The molecule has 0 spiro atoms. The van der Waals surface area contributed by atoms with E-state index in [2.05, 4.69) is 5.32 Å². The highest BCUT2D eigenvalue weighted by Gasteiger charge is 2.55. The SMILES string of the molecule is C[C@H]1ON2CCC[C@@H]3NC(=O)[C@H]1[C@@H]32. The third kappa shape index (κ3) is 0.901. The van der Waals surface area contributed by atoms with Crippen LogP contribution >= 0.6 is 0 Å². The number of hydroxylamine groups is 2. The lowest BCUT2D eigenvalue weighted by molar-refractivity contribution is -0.173. The van der Waals surface area contributed by atoms with Gasteiger partial charge in [-0.3, -0.25) is 9.63 Å². The molecule has 0 aromatic carbocycles. The summed E-state index contributed by atoms with van der Waals surface area (Å²) in [4.78, 5) is 17.2. The van der Waals surface area contributed by atoms with Crippen molar-refractivity contribution < 1.29 is 9.63 Å². The molecule has 3 aliphatic rings. The fraction of sp³-hybridized carbons (Fsp3) is 0.889. The third-order valence-electron chi connectivity index (χ3n) is 3.44. The lowest BCUT2D eigenvalue weighted by atomic mass is 9.90. The molecule has 0 saturated carbocycles. The van der Waals surface area contributed by atoms with E-state index in [0.29, 0.717) is 12.1 Å². The van der Waals surface area contributed by atoms with Crippen LogP contribution in [0.25, 0.3) is 0 Å². The summed E-state index contributed by atoms with van der Waals surface area (Å²) < 4.78 is 0. The van der Waals surface area contributed by atoms with E-state index in [1.54, 1.807) is 0 Å². The topological polar surface area (TPSA) is 41.6 Å². The number of hydrogen-bond donors (Lipinski definition) is 1. The highest BCUT2D eigenvalue weighted by atomic mass is 16.7. The average molecular weight is 182 g/mol. The minimum atomic E-state index is 0.0631. The van der Waals surface area contributed by atoms with Crippen molar-refractivity contribution in [3.05, 3.63) is 0 Å². The number of rotatable bonds is 0. The van der Waals surface area contributed by atoms with E-state index in [1.807, 2.05) is 12.0 Å². The molecule has 0 aliphatic carbocycles. The lowest BCUT2D eigenvalue weighted by Gasteiger charge is -2.31. The molecule has 4 atom stereocenters. The fourth-order valence-electron chi connectivity index (χ4n) is 2.90. The molecule has 0 bridgehead atoms. The molecule has 4 nitrogen and oxygen atoms in total. The third-order valence-corrected chi connectivity index (χ3v) is 3.44. The molecule has 4 heteroatoms. The Kier molecular flexibility index (Phi) is 1.46. The summed E-state index contributed by atoms with van der Waals surface area (Å²) in [6.45, 7) is 2.97. The first-order chi connectivity index (χ1) is 6.27. The summed E-state index contributed by atoms with van der Waals surface area (Å²) >= 11 is 0. The Morgan fingerprint density at radius 2 is 2.46 bits per heavy atom. The molecule has 0 radical (unpaired) electrons. The molecule has 3 heterocycles. The molecule has 3 aliphatic heterocycles. The van der Waals surface area contributed by atoms with E-state index in [9.17, 15) is 4.79 Å². The zero-order chi connectivity index (χ0) is 9.00. The van der Waals surface area contributed by atoms with Crippen LogP contribution in [0.5, 0.6) is 0 Å². The lowest BCUT2D eigenvalue weighted by Crippen LogP contribution is -2.46. The van der Waals surface area contributed by atoms with Gasteiger partial charge in [-0.05, 0) is 19.8 Å². The maximum absolute atomic E-state index is 11.6. The van der Waals surface area contributed by atoms with Crippen molar-refractivity contribution in [3.8, 4) is 0 Å². The molecule has 0 aromatic heterocycles. The summed E-state index contributed by atoms with van der Waals surface area (Å²) in [5.74, 6) is 0.261. The zero-order valence-corrected chi connectivity index (χ0v) is 7.69. The summed E-state index contributed by atoms with van der Waals surface area (Å²) in [5.41, 5.74) is 0. The van der Waals surface area contributed by atoms with Crippen LogP contribution in [-0.2, 0) is 9.63 Å². The number of carbonyl (C=O) groups is 1. The maximum atomic E-state index is 11.6. The largest absolute Gasteiger partial charge is 0.351 e. The van der Waals surface area contributed by atoms with Gasteiger partial charge in [0.25, 0.3) is 0 Å². The minimum absolute atomic E-state index is 0.0631. The van der Waals surface area contributed by atoms with E-state index in [4.69, 9.17) is 4.84 Å². The van der Waals surface area contributed by atoms with Gasteiger partial charge in [-0.25, -0.2) is 0 Å². The van der Waals surface area contributed by atoms with Crippen LogP contribution in [0.1, 0.15) is 19.8 Å². The Bertz CT molecular complexity index is 256. The van der Waals surface area contributed by atoms with Crippen molar-refractivity contribution in [2.75, 3.05) is 6.54 Å². The number of hydrogen-bond acceptors (Lipinski definition) is 3. The number of piperidine rings is 1. The van der Waals surface area contributed by atoms with Crippen LogP contribution in [0.3, 0.4) is 0 Å². The Morgan fingerprint density at radius 3 is 3.31 bits per heavy atom. The second-order valence-corrected chi connectivity index (χ2v) is 4.22. The molecule has 1 N–H and O–H groups in total. The van der Waals surface area contributed by atoms with E-state index in [-0.39, 0.29) is 17.9 Å². The summed E-state index contributed by atoms with van der Waals surface area (Å²) in [7, 11) is 0. The van der Waals surface area contributed by atoms with Crippen molar-refractivity contribution in [1.82, 2.24) is 10.4 Å². The second kappa shape index (κ2) is 2.45. The number of amides is 1. The molecule has 3 fully saturated rings. The van der Waals surface area contributed by atoms with Gasteiger partial charge in [0.05, 0.1) is 18.1 Å². The molecule has 72 valence electrons. The molecule has 3 saturated heterocycles. The molecule has 0 unspecified atom stereocenters. The number of nitrogens with zero attached hydrogens (tertiary/aromatic N) is 1. The number of nitrogens with one attached hydrogen (secondary N) is 1. The van der Waals surface area contributed by atoms with E-state index >= 15 is 0 Å². The summed E-state index contributed by atoms with van der Waals surface area (Å²) in [6, 6.07) is 0.660. The Hall–Kier alpha value is -0.610. The molecule has 3 rings (SSSR count). The van der Waals surface area contributed by atoms with Gasteiger partial charge in [-0.1, -0.05) is 0 Å². The Labute approximate surface area is 77.2 Å². The van der Waals surface area contributed by atoms with Crippen LogP contribution in [0.15, 0.2) is 0 Å². The van der Waals surface area contributed by atoms with Gasteiger partial charge in [0.2, 0.25) is 5.91 Å². The maximum Gasteiger partial charge on any atom is 0.227 e. The van der Waals surface area contributed by atoms with Gasteiger partial charge < -0.3 is 5.32 Å². The Balaban J connectivity index is 1.96.